The first-order valence-electron chi connectivity index (χ1n) is 5.75. The molecule has 17 heavy (non-hydrogen) atoms. The zero-order valence-electron chi connectivity index (χ0n) is 9.69. The second kappa shape index (κ2) is 4.92. The van der Waals surface area contributed by atoms with Gasteiger partial charge in [-0.2, -0.15) is 0 Å². The van der Waals surface area contributed by atoms with Gasteiger partial charge in [0.25, 0.3) is 0 Å². The van der Waals surface area contributed by atoms with Crippen LogP contribution in [0.5, 0.6) is 0 Å². The standard InChI is InChI=1S/C14H15ClO2/c1-9-8-11(4-7-13(9)14(16)17)10-2-5-12(15)6-3-10/h2-6,9,13H,7-8H2,1H3,(H,16,17)/t9-,13-/m1/s1. The van der Waals surface area contributed by atoms with Crippen LogP contribution in [0, 0.1) is 11.8 Å². The lowest BCUT2D eigenvalue weighted by atomic mass is 9.79. The molecule has 0 heterocycles. The molecular weight excluding hydrogens is 236 g/mol. The van der Waals surface area contributed by atoms with Gasteiger partial charge >= 0.3 is 5.97 Å². The second-order valence-electron chi connectivity index (χ2n) is 4.60. The maximum Gasteiger partial charge on any atom is 0.307 e. The van der Waals surface area contributed by atoms with Crippen molar-refractivity contribution in [1.82, 2.24) is 0 Å². The van der Waals surface area contributed by atoms with E-state index < -0.39 is 5.97 Å². The van der Waals surface area contributed by atoms with E-state index in [1.807, 2.05) is 37.3 Å². The van der Waals surface area contributed by atoms with E-state index in [-0.39, 0.29) is 11.8 Å². The Balaban J connectivity index is 2.19. The molecule has 0 spiro atoms. The van der Waals surface area contributed by atoms with E-state index in [2.05, 4.69) is 0 Å². The minimum absolute atomic E-state index is 0.183. The van der Waals surface area contributed by atoms with Gasteiger partial charge in [0, 0.05) is 5.02 Å². The van der Waals surface area contributed by atoms with Crippen molar-refractivity contribution in [3.8, 4) is 0 Å². The smallest absolute Gasteiger partial charge is 0.307 e. The number of hydrogen-bond donors (Lipinski definition) is 1. The Bertz CT molecular complexity index is 448. The average molecular weight is 251 g/mol. The first-order chi connectivity index (χ1) is 8.08. The Labute approximate surface area is 106 Å². The van der Waals surface area contributed by atoms with Gasteiger partial charge < -0.3 is 5.11 Å². The molecule has 0 aromatic heterocycles. The van der Waals surface area contributed by atoms with E-state index >= 15 is 0 Å². The number of rotatable bonds is 2. The summed E-state index contributed by atoms with van der Waals surface area (Å²) in [5.41, 5.74) is 2.37. The van der Waals surface area contributed by atoms with Crippen molar-refractivity contribution in [2.45, 2.75) is 19.8 Å². The summed E-state index contributed by atoms with van der Waals surface area (Å²) in [6.45, 7) is 2.00. The molecule has 3 heteroatoms. The zero-order valence-corrected chi connectivity index (χ0v) is 10.4. The molecule has 2 nitrogen and oxygen atoms in total. The Hall–Kier alpha value is -1.28. The molecule has 1 aromatic rings. The van der Waals surface area contributed by atoms with Gasteiger partial charge in [-0.3, -0.25) is 4.79 Å². The van der Waals surface area contributed by atoms with Crippen molar-refractivity contribution in [3.63, 3.8) is 0 Å². The molecule has 0 radical (unpaired) electrons. The predicted octanol–water partition coefficient (Wildman–Crippen LogP) is 3.85. The average Bonchev–Trinajstić information content (AvgIpc) is 2.29. The van der Waals surface area contributed by atoms with Crippen LogP contribution in [0.1, 0.15) is 25.3 Å². The van der Waals surface area contributed by atoms with Crippen LogP contribution in [-0.2, 0) is 4.79 Å². The summed E-state index contributed by atoms with van der Waals surface area (Å²) in [5, 5.41) is 9.78. The summed E-state index contributed by atoms with van der Waals surface area (Å²) >= 11 is 5.85. The van der Waals surface area contributed by atoms with Crippen LogP contribution < -0.4 is 0 Å². The number of carboxylic acids is 1. The van der Waals surface area contributed by atoms with E-state index in [1.165, 1.54) is 5.57 Å². The topological polar surface area (TPSA) is 37.3 Å². The van der Waals surface area contributed by atoms with Gasteiger partial charge in [-0.05, 0) is 42.0 Å². The van der Waals surface area contributed by atoms with Crippen molar-refractivity contribution in [1.29, 1.82) is 0 Å². The second-order valence-corrected chi connectivity index (χ2v) is 5.03. The molecule has 0 amide bonds. The van der Waals surface area contributed by atoms with Crippen LogP contribution >= 0.6 is 11.6 Å². The highest BCUT2D eigenvalue weighted by molar-refractivity contribution is 6.30. The van der Waals surface area contributed by atoms with Crippen LogP contribution in [0.3, 0.4) is 0 Å². The number of benzene rings is 1. The molecule has 0 saturated carbocycles. The monoisotopic (exact) mass is 250 g/mol. The molecular formula is C14H15ClO2. The number of carbonyl (C=O) groups is 1. The number of halogens is 1. The van der Waals surface area contributed by atoms with Gasteiger partial charge in [0.2, 0.25) is 0 Å². The summed E-state index contributed by atoms with van der Waals surface area (Å²) in [6.07, 6.45) is 3.48. The number of hydrogen-bond acceptors (Lipinski definition) is 1. The highest BCUT2D eigenvalue weighted by Gasteiger charge is 2.28. The number of allylic oxidation sites excluding steroid dienone is 2. The fraction of sp³-hybridized carbons (Fsp3) is 0.357. The van der Waals surface area contributed by atoms with Crippen molar-refractivity contribution in [2.75, 3.05) is 0 Å². The molecule has 1 aromatic carbocycles. The fourth-order valence-electron chi connectivity index (χ4n) is 2.32. The van der Waals surface area contributed by atoms with Gasteiger partial charge in [0.1, 0.15) is 0 Å². The molecule has 1 aliphatic carbocycles. The molecule has 0 aliphatic heterocycles. The summed E-state index contributed by atoms with van der Waals surface area (Å²) in [7, 11) is 0. The molecule has 1 aliphatic rings. The largest absolute Gasteiger partial charge is 0.481 e. The van der Waals surface area contributed by atoms with Crippen LogP contribution in [0.15, 0.2) is 30.3 Å². The van der Waals surface area contributed by atoms with Gasteiger partial charge in [0.15, 0.2) is 0 Å². The molecule has 2 atom stereocenters. The van der Waals surface area contributed by atoms with Gasteiger partial charge in [-0.15, -0.1) is 0 Å². The van der Waals surface area contributed by atoms with E-state index in [0.29, 0.717) is 6.42 Å². The van der Waals surface area contributed by atoms with E-state index in [4.69, 9.17) is 16.7 Å². The molecule has 1 N–H and O–H groups in total. The Kier molecular flexibility index (Phi) is 3.53. The van der Waals surface area contributed by atoms with Crippen molar-refractivity contribution < 1.29 is 9.90 Å². The first kappa shape index (κ1) is 12.2. The highest BCUT2D eigenvalue weighted by atomic mass is 35.5. The third-order valence-electron chi connectivity index (χ3n) is 3.38. The van der Waals surface area contributed by atoms with Gasteiger partial charge in [-0.1, -0.05) is 36.7 Å². The lowest BCUT2D eigenvalue weighted by Crippen LogP contribution is -2.24. The molecule has 90 valence electrons. The van der Waals surface area contributed by atoms with E-state index in [0.717, 1.165) is 17.0 Å². The lowest BCUT2D eigenvalue weighted by molar-refractivity contribution is -0.143. The first-order valence-corrected chi connectivity index (χ1v) is 6.13. The maximum absolute atomic E-state index is 11.0. The molecule has 0 unspecified atom stereocenters. The van der Waals surface area contributed by atoms with E-state index in [9.17, 15) is 4.79 Å². The minimum Gasteiger partial charge on any atom is -0.481 e. The van der Waals surface area contributed by atoms with Crippen LogP contribution in [0.4, 0.5) is 0 Å². The summed E-state index contributed by atoms with van der Waals surface area (Å²) in [5.74, 6) is -0.752. The third-order valence-corrected chi connectivity index (χ3v) is 3.63. The van der Waals surface area contributed by atoms with Crippen LogP contribution in [0.25, 0.3) is 5.57 Å². The van der Waals surface area contributed by atoms with Gasteiger partial charge in [0.05, 0.1) is 5.92 Å². The zero-order chi connectivity index (χ0) is 12.4. The summed E-state index contributed by atoms with van der Waals surface area (Å²) in [6, 6.07) is 7.71. The molecule has 2 rings (SSSR count). The number of aliphatic carboxylic acids is 1. The quantitative estimate of drug-likeness (QED) is 0.866. The number of carboxylic acid groups (broad SMARTS) is 1. The molecule has 0 saturated heterocycles. The normalized spacial score (nSPS) is 24.2. The van der Waals surface area contributed by atoms with Crippen molar-refractivity contribution in [3.05, 3.63) is 40.9 Å². The maximum atomic E-state index is 11.0. The van der Waals surface area contributed by atoms with Gasteiger partial charge in [-0.25, -0.2) is 0 Å². The highest BCUT2D eigenvalue weighted by Crippen LogP contribution is 2.34. The van der Waals surface area contributed by atoms with Crippen molar-refractivity contribution >= 4 is 23.1 Å². The predicted molar refractivity (Wildman–Crippen MR) is 69.0 cm³/mol. The van der Waals surface area contributed by atoms with E-state index in [1.54, 1.807) is 0 Å². The minimum atomic E-state index is -0.691. The van der Waals surface area contributed by atoms with Crippen LogP contribution in [-0.4, -0.2) is 11.1 Å². The Morgan fingerprint density at radius 3 is 2.53 bits per heavy atom. The SMILES string of the molecule is C[C@@H]1CC(c2ccc(Cl)cc2)=CC[C@H]1C(=O)O. The summed E-state index contributed by atoms with van der Waals surface area (Å²) < 4.78 is 0. The van der Waals surface area contributed by atoms with Crippen molar-refractivity contribution in [2.24, 2.45) is 11.8 Å². The molecule has 0 fully saturated rings. The van der Waals surface area contributed by atoms with Crippen LogP contribution in [0.2, 0.25) is 5.02 Å². The molecule has 0 bridgehead atoms. The lowest BCUT2D eigenvalue weighted by Gasteiger charge is -2.25. The Morgan fingerprint density at radius 2 is 2.00 bits per heavy atom. The Morgan fingerprint density at radius 1 is 1.35 bits per heavy atom. The third kappa shape index (κ3) is 2.70. The summed E-state index contributed by atoms with van der Waals surface area (Å²) in [4.78, 5) is 11.0. The fourth-order valence-corrected chi connectivity index (χ4v) is 2.44.